The summed E-state index contributed by atoms with van der Waals surface area (Å²) >= 11 is 3.18. The van der Waals surface area contributed by atoms with E-state index in [-0.39, 0.29) is 0 Å². The second-order valence-corrected chi connectivity index (χ2v) is 2.89. The molecule has 0 aliphatic carbocycles. The highest BCUT2D eigenvalue weighted by Crippen LogP contribution is 1.99. The van der Waals surface area contributed by atoms with Crippen LogP contribution in [0.3, 0.4) is 0 Å². The molecular formula is C7H13BrO2. The summed E-state index contributed by atoms with van der Waals surface area (Å²) in [6.07, 6.45) is 0. The van der Waals surface area contributed by atoms with Crippen molar-refractivity contribution >= 4 is 15.9 Å². The molecule has 60 valence electrons. The van der Waals surface area contributed by atoms with Crippen LogP contribution in [0.15, 0.2) is 11.1 Å². The molecule has 0 spiro atoms. The van der Waals surface area contributed by atoms with E-state index in [1.807, 2.05) is 6.92 Å². The molecule has 0 unspecified atom stereocenters. The fraction of sp³-hybridized carbons (Fsp3) is 0.714. The predicted molar refractivity (Wildman–Crippen MR) is 45.4 cm³/mol. The first-order valence-electron chi connectivity index (χ1n) is 3.26. The van der Waals surface area contributed by atoms with Gasteiger partial charge in [-0.1, -0.05) is 22.5 Å². The molecule has 0 aromatic carbocycles. The van der Waals surface area contributed by atoms with E-state index in [0.717, 1.165) is 11.1 Å². The molecule has 10 heavy (non-hydrogen) atoms. The summed E-state index contributed by atoms with van der Waals surface area (Å²) in [6.45, 7) is 8.20. The van der Waals surface area contributed by atoms with Crippen LogP contribution in [-0.4, -0.2) is 26.4 Å². The van der Waals surface area contributed by atoms with Gasteiger partial charge in [0.2, 0.25) is 0 Å². The van der Waals surface area contributed by atoms with Gasteiger partial charge in [0.25, 0.3) is 0 Å². The summed E-state index contributed by atoms with van der Waals surface area (Å²) in [7, 11) is 0. The van der Waals surface area contributed by atoms with Crippen LogP contribution in [0.1, 0.15) is 6.92 Å². The Labute approximate surface area is 70.3 Å². The van der Waals surface area contributed by atoms with Crippen LogP contribution in [0.25, 0.3) is 0 Å². The first-order chi connectivity index (χ1) is 4.77. The van der Waals surface area contributed by atoms with Gasteiger partial charge in [-0.2, -0.15) is 0 Å². The number of ether oxygens (including phenoxy) is 2. The van der Waals surface area contributed by atoms with Crippen molar-refractivity contribution < 1.29 is 9.47 Å². The Bertz CT molecular complexity index is 93.6. The predicted octanol–water partition coefficient (Wildman–Crippen LogP) is 1.95. The third-order valence-corrected chi connectivity index (χ3v) is 1.06. The number of rotatable bonds is 6. The zero-order chi connectivity index (χ0) is 7.82. The Kier molecular flexibility index (Phi) is 7.35. The van der Waals surface area contributed by atoms with Gasteiger partial charge in [0.1, 0.15) is 0 Å². The van der Waals surface area contributed by atoms with Crippen molar-refractivity contribution in [1.29, 1.82) is 0 Å². The summed E-state index contributed by atoms with van der Waals surface area (Å²) < 4.78 is 11.0. The van der Waals surface area contributed by atoms with E-state index in [1.54, 1.807) is 0 Å². The summed E-state index contributed by atoms with van der Waals surface area (Å²) in [6, 6.07) is 0. The van der Waals surface area contributed by atoms with Crippen LogP contribution in [0.2, 0.25) is 0 Å². The molecule has 0 amide bonds. The van der Waals surface area contributed by atoms with Gasteiger partial charge in [0.15, 0.2) is 0 Å². The number of hydrogen-bond acceptors (Lipinski definition) is 2. The van der Waals surface area contributed by atoms with Gasteiger partial charge in [-0.15, -0.1) is 0 Å². The average Bonchev–Trinajstić information content (AvgIpc) is 1.87. The smallest absolute Gasteiger partial charge is 0.0777 e. The highest BCUT2D eigenvalue weighted by Gasteiger charge is 1.88. The molecule has 0 radical (unpaired) electrons. The fourth-order valence-electron chi connectivity index (χ4n) is 0.445. The lowest BCUT2D eigenvalue weighted by molar-refractivity contribution is 0.0639. The van der Waals surface area contributed by atoms with Crippen LogP contribution in [0.5, 0.6) is 0 Å². The van der Waals surface area contributed by atoms with Crippen molar-refractivity contribution in [2.45, 2.75) is 6.92 Å². The molecule has 0 aliphatic heterocycles. The molecule has 0 N–H and O–H groups in total. The maximum atomic E-state index is 5.13. The van der Waals surface area contributed by atoms with Crippen LogP contribution < -0.4 is 0 Å². The van der Waals surface area contributed by atoms with E-state index in [9.17, 15) is 0 Å². The lowest BCUT2D eigenvalue weighted by Gasteiger charge is -2.01. The zero-order valence-corrected chi connectivity index (χ0v) is 7.82. The minimum Gasteiger partial charge on any atom is -0.379 e. The first-order valence-corrected chi connectivity index (χ1v) is 4.05. The third kappa shape index (κ3) is 8.14. The van der Waals surface area contributed by atoms with Gasteiger partial charge in [-0.25, -0.2) is 0 Å². The first kappa shape index (κ1) is 10.1. The lowest BCUT2D eigenvalue weighted by Crippen LogP contribution is -2.04. The van der Waals surface area contributed by atoms with Crippen LogP contribution in [0, 0.1) is 0 Å². The van der Waals surface area contributed by atoms with E-state index in [2.05, 4.69) is 22.5 Å². The highest BCUT2D eigenvalue weighted by atomic mass is 79.9. The minimum absolute atomic E-state index is 0.563. The van der Waals surface area contributed by atoms with E-state index in [4.69, 9.17) is 9.47 Å². The Hall–Kier alpha value is 0.140. The number of halogens is 1. The van der Waals surface area contributed by atoms with E-state index in [1.165, 1.54) is 0 Å². The molecule has 3 heteroatoms. The zero-order valence-electron chi connectivity index (χ0n) is 6.23. The summed E-state index contributed by atoms with van der Waals surface area (Å²) in [5, 5.41) is 0. The highest BCUT2D eigenvalue weighted by molar-refractivity contribution is 9.11. The van der Waals surface area contributed by atoms with E-state index >= 15 is 0 Å². The maximum absolute atomic E-state index is 5.13. The minimum atomic E-state index is 0.563. The van der Waals surface area contributed by atoms with E-state index in [0.29, 0.717) is 19.8 Å². The van der Waals surface area contributed by atoms with Gasteiger partial charge in [0.05, 0.1) is 19.8 Å². The Balaban J connectivity index is 2.84. The summed E-state index contributed by atoms with van der Waals surface area (Å²) in [4.78, 5) is 0. The van der Waals surface area contributed by atoms with Gasteiger partial charge < -0.3 is 9.47 Å². The van der Waals surface area contributed by atoms with Crippen molar-refractivity contribution in [2.24, 2.45) is 0 Å². The maximum Gasteiger partial charge on any atom is 0.0777 e. The topological polar surface area (TPSA) is 18.5 Å². The van der Waals surface area contributed by atoms with Crippen LogP contribution in [0.4, 0.5) is 0 Å². The normalized spacial score (nSPS) is 9.80. The molecular weight excluding hydrogens is 196 g/mol. The van der Waals surface area contributed by atoms with Crippen molar-refractivity contribution in [3.05, 3.63) is 11.1 Å². The molecule has 0 saturated carbocycles. The molecule has 2 nitrogen and oxygen atoms in total. The molecule has 0 aromatic heterocycles. The average molecular weight is 209 g/mol. The summed E-state index contributed by atoms with van der Waals surface area (Å²) in [5.41, 5.74) is 0. The monoisotopic (exact) mass is 208 g/mol. The largest absolute Gasteiger partial charge is 0.379 e. The molecule has 0 saturated heterocycles. The second kappa shape index (κ2) is 7.25. The van der Waals surface area contributed by atoms with Crippen molar-refractivity contribution in [1.82, 2.24) is 0 Å². The SMILES string of the molecule is C=C(Br)COCCOCC. The molecule has 0 aliphatic rings. The van der Waals surface area contributed by atoms with Crippen molar-refractivity contribution in [2.75, 3.05) is 26.4 Å². The van der Waals surface area contributed by atoms with Gasteiger partial charge >= 0.3 is 0 Å². The molecule has 0 heterocycles. The fourth-order valence-corrected chi connectivity index (χ4v) is 0.607. The standard InChI is InChI=1S/C7H13BrO2/c1-3-9-4-5-10-6-7(2)8/h2-6H2,1H3. The molecule has 0 bridgehead atoms. The van der Waals surface area contributed by atoms with Crippen molar-refractivity contribution in [3.8, 4) is 0 Å². The van der Waals surface area contributed by atoms with Gasteiger partial charge in [-0.3, -0.25) is 0 Å². The second-order valence-electron chi connectivity index (χ2n) is 1.77. The summed E-state index contributed by atoms with van der Waals surface area (Å²) in [5.74, 6) is 0. The number of hydrogen-bond donors (Lipinski definition) is 0. The van der Waals surface area contributed by atoms with Gasteiger partial charge in [0, 0.05) is 11.1 Å². The van der Waals surface area contributed by atoms with Gasteiger partial charge in [-0.05, 0) is 6.92 Å². The molecule has 0 aromatic rings. The molecule has 0 rings (SSSR count). The Morgan fingerprint density at radius 3 is 2.50 bits per heavy atom. The Morgan fingerprint density at radius 2 is 2.00 bits per heavy atom. The molecule has 0 fully saturated rings. The quantitative estimate of drug-likeness (QED) is 0.622. The third-order valence-electron chi connectivity index (χ3n) is 0.835. The van der Waals surface area contributed by atoms with Crippen LogP contribution in [-0.2, 0) is 9.47 Å². The molecule has 0 atom stereocenters. The van der Waals surface area contributed by atoms with Crippen LogP contribution >= 0.6 is 15.9 Å². The van der Waals surface area contributed by atoms with Crippen molar-refractivity contribution in [3.63, 3.8) is 0 Å². The van der Waals surface area contributed by atoms with E-state index < -0.39 is 0 Å². The lowest BCUT2D eigenvalue weighted by atomic mass is 10.7. The Morgan fingerprint density at radius 1 is 1.40 bits per heavy atom.